The molecule has 1 heterocycles. The Kier molecular flexibility index (Phi) is 5.74. The average molecular weight is 349 g/mol. The lowest BCUT2D eigenvalue weighted by Gasteiger charge is -2.27. The van der Waals surface area contributed by atoms with E-state index in [2.05, 4.69) is 24.8 Å². The number of hydrogen-bond donors (Lipinski definition) is 0. The molecular weight excluding hydrogens is 326 g/mol. The van der Waals surface area contributed by atoms with E-state index in [-0.39, 0.29) is 5.91 Å². The topological polar surface area (TPSA) is 38.8 Å². The van der Waals surface area contributed by atoms with Crippen molar-refractivity contribution in [3.05, 3.63) is 78.4 Å². The second kappa shape index (κ2) is 8.39. The van der Waals surface area contributed by atoms with Gasteiger partial charge in [-0.05, 0) is 35.8 Å². The quantitative estimate of drug-likeness (QED) is 0.734. The number of benzene rings is 2. The molecular formula is C22H23NO3. The lowest BCUT2D eigenvalue weighted by atomic mass is 9.99. The lowest BCUT2D eigenvalue weighted by Crippen LogP contribution is -2.34. The third-order valence-electron chi connectivity index (χ3n) is 4.41. The van der Waals surface area contributed by atoms with E-state index in [1.165, 1.54) is 11.1 Å². The highest BCUT2D eigenvalue weighted by Gasteiger charge is 2.20. The minimum atomic E-state index is 0.00179. The van der Waals surface area contributed by atoms with Crippen LogP contribution in [0, 0.1) is 0 Å². The summed E-state index contributed by atoms with van der Waals surface area (Å²) in [7, 11) is 1.57. The molecule has 4 nitrogen and oxygen atoms in total. The predicted molar refractivity (Wildman–Crippen MR) is 104 cm³/mol. The van der Waals surface area contributed by atoms with Crippen molar-refractivity contribution in [2.75, 3.05) is 26.8 Å². The first kappa shape index (κ1) is 17.8. The Labute approximate surface area is 154 Å². The molecule has 134 valence electrons. The van der Waals surface area contributed by atoms with Crippen molar-refractivity contribution < 1.29 is 14.3 Å². The minimum absolute atomic E-state index is 0.00179. The Bertz CT molecular complexity index is 811. The van der Waals surface area contributed by atoms with E-state index in [4.69, 9.17) is 9.47 Å². The van der Waals surface area contributed by atoms with E-state index < -0.39 is 0 Å². The normalized spacial score (nSPS) is 13.7. The molecule has 1 aliphatic heterocycles. The van der Waals surface area contributed by atoms with Crippen LogP contribution in [-0.4, -0.2) is 37.6 Å². The summed E-state index contributed by atoms with van der Waals surface area (Å²) in [5.74, 6) is 1.16. The second-order valence-corrected chi connectivity index (χ2v) is 6.06. The number of methoxy groups -OCH3 is 1. The molecule has 0 bridgehead atoms. The molecule has 0 radical (unpaired) electrons. The first-order chi connectivity index (χ1) is 12.7. The number of amides is 1. The van der Waals surface area contributed by atoms with Crippen LogP contribution in [0.5, 0.6) is 11.5 Å². The van der Waals surface area contributed by atoms with Gasteiger partial charge in [-0.25, -0.2) is 0 Å². The Morgan fingerprint density at radius 2 is 2.00 bits per heavy atom. The standard InChI is InChI=1S/C22H23NO3/c1-3-15-26-20-10-9-19(16-21(20)25-2)22(24)23-13-11-18(12-14-23)17-7-5-4-6-8-17/h3-11,16H,1,12-15H2,2H3. The molecule has 3 rings (SSSR count). The smallest absolute Gasteiger partial charge is 0.254 e. The number of carbonyl (C=O) groups is 1. The molecule has 1 aliphatic rings. The van der Waals surface area contributed by atoms with Gasteiger partial charge < -0.3 is 14.4 Å². The van der Waals surface area contributed by atoms with Crippen LogP contribution in [0.4, 0.5) is 0 Å². The monoisotopic (exact) mass is 349 g/mol. The molecule has 0 fully saturated rings. The zero-order valence-electron chi connectivity index (χ0n) is 15.0. The zero-order chi connectivity index (χ0) is 18.4. The fraction of sp³-hybridized carbons (Fsp3) is 0.227. The SMILES string of the molecule is C=CCOc1ccc(C(=O)N2CC=C(c3ccccc3)CC2)cc1OC. The molecule has 2 aromatic rings. The number of carbonyl (C=O) groups excluding carboxylic acids is 1. The van der Waals surface area contributed by atoms with Gasteiger partial charge in [-0.2, -0.15) is 0 Å². The number of ether oxygens (including phenoxy) is 2. The third kappa shape index (κ3) is 3.97. The Balaban J connectivity index is 1.72. The number of nitrogens with zero attached hydrogens (tertiary/aromatic N) is 1. The van der Waals surface area contributed by atoms with E-state index in [0.29, 0.717) is 36.8 Å². The van der Waals surface area contributed by atoms with Crippen LogP contribution < -0.4 is 9.47 Å². The summed E-state index contributed by atoms with van der Waals surface area (Å²) in [6.07, 6.45) is 4.66. The molecule has 4 heteroatoms. The van der Waals surface area contributed by atoms with Crippen LogP contribution in [-0.2, 0) is 0 Å². The summed E-state index contributed by atoms with van der Waals surface area (Å²) in [5.41, 5.74) is 3.12. The summed E-state index contributed by atoms with van der Waals surface area (Å²) in [6.45, 7) is 5.34. The predicted octanol–water partition coefficient (Wildman–Crippen LogP) is 4.19. The summed E-state index contributed by atoms with van der Waals surface area (Å²) in [5, 5.41) is 0. The summed E-state index contributed by atoms with van der Waals surface area (Å²) < 4.78 is 10.9. The highest BCUT2D eigenvalue weighted by atomic mass is 16.5. The molecule has 0 N–H and O–H groups in total. The van der Waals surface area contributed by atoms with Crippen molar-refractivity contribution in [2.24, 2.45) is 0 Å². The molecule has 0 aliphatic carbocycles. The van der Waals surface area contributed by atoms with Gasteiger partial charge in [0.15, 0.2) is 11.5 Å². The Hall–Kier alpha value is -3.01. The van der Waals surface area contributed by atoms with Crippen LogP contribution in [0.3, 0.4) is 0 Å². The van der Waals surface area contributed by atoms with Gasteiger partial charge in [0.1, 0.15) is 6.61 Å². The molecule has 0 atom stereocenters. The molecule has 0 spiro atoms. The van der Waals surface area contributed by atoms with Crippen LogP contribution in [0.25, 0.3) is 5.57 Å². The largest absolute Gasteiger partial charge is 0.493 e. The second-order valence-electron chi connectivity index (χ2n) is 6.06. The zero-order valence-corrected chi connectivity index (χ0v) is 15.0. The molecule has 2 aromatic carbocycles. The summed E-state index contributed by atoms with van der Waals surface area (Å²) in [6, 6.07) is 15.6. The van der Waals surface area contributed by atoms with Crippen molar-refractivity contribution in [2.45, 2.75) is 6.42 Å². The molecule has 0 aromatic heterocycles. The molecule has 0 saturated heterocycles. The van der Waals surface area contributed by atoms with Gasteiger partial charge in [0.2, 0.25) is 0 Å². The van der Waals surface area contributed by atoms with Crippen molar-refractivity contribution in [3.8, 4) is 11.5 Å². The summed E-state index contributed by atoms with van der Waals surface area (Å²) in [4.78, 5) is 14.7. The van der Waals surface area contributed by atoms with Crippen LogP contribution in [0.1, 0.15) is 22.3 Å². The van der Waals surface area contributed by atoms with E-state index >= 15 is 0 Å². The van der Waals surface area contributed by atoms with Gasteiger partial charge in [-0.15, -0.1) is 0 Å². The van der Waals surface area contributed by atoms with E-state index in [1.54, 1.807) is 31.4 Å². The van der Waals surface area contributed by atoms with Crippen LogP contribution in [0.2, 0.25) is 0 Å². The fourth-order valence-electron chi connectivity index (χ4n) is 3.02. The molecule has 26 heavy (non-hydrogen) atoms. The van der Waals surface area contributed by atoms with Gasteiger partial charge in [-0.3, -0.25) is 4.79 Å². The Morgan fingerprint density at radius 1 is 1.19 bits per heavy atom. The van der Waals surface area contributed by atoms with Crippen molar-refractivity contribution >= 4 is 11.5 Å². The maximum atomic E-state index is 12.8. The van der Waals surface area contributed by atoms with Gasteiger partial charge >= 0.3 is 0 Å². The van der Waals surface area contributed by atoms with Crippen molar-refractivity contribution in [1.82, 2.24) is 4.90 Å². The fourth-order valence-corrected chi connectivity index (χ4v) is 3.02. The maximum Gasteiger partial charge on any atom is 0.254 e. The lowest BCUT2D eigenvalue weighted by molar-refractivity contribution is 0.0772. The third-order valence-corrected chi connectivity index (χ3v) is 4.41. The minimum Gasteiger partial charge on any atom is -0.493 e. The van der Waals surface area contributed by atoms with Gasteiger partial charge in [-0.1, -0.05) is 49.1 Å². The molecule has 0 saturated carbocycles. The van der Waals surface area contributed by atoms with Crippen LogP contribution >= 0.6 is 0 Å². The summed E-state index contributed by atoms with van der Waals surface area (Å²) >= 11 is 0. The average Bonchev–Trinajstić information content (AvgIpc) is 2.72. The number of rotatable bonds is 6. The van der Waals surface area contributed by atoms with E-state index in [9.17, 15) is 4.79 Å². The van der Waals surface area contributed by atoms with E-state index in [1.807, 2.05) is 23.1 Å². The number of hydrogen-bond acceptors (Lipinski definition) is 3. The molecule has 1 amide bonds. The molecule has 0 unspecified atom stereocenters. The van der Waals surface area contributed by atoms with Crippen LogP contribution in [0.15, 0.2) is 67.3 Å². The first-order valence-electron chi connectivity index (χ1n) is 8.68. The van der Waals surface area contributed by atoms with Crippen molar-refractivity contribution in [3.63, 3.8) is 0 Å². The Morgan fingerprint density at radius 3 is 2.65 bits per heavy atom. The van der Waals surface area contributed by atoms with Gasteiger partial charge in [0, 0.05) is 18.7 Å². The van der Waals surface area contributed by atoms with E-state index in [0.717, 1.165) is 6.42 Å². The highest BCUT2D eigenvalue weighted by molar-refractivity contribution is 5.95. The first-order valence-corrected chi connectivity index (χ1v) is 8.68. The van der Waals surface area contributed by atoms with Crippen molar-refractivity contribution in [1.29, 1.82) is 0 Å². The maximum absolute atomic E-state index is 12.8. The van der Waals surface area contributed by atoms with Gasteiger partial charge in [0.25, 0.3) is 5.91 Å². The van der Waals surface area contributed by atoms with Gasteiger partial charge in [0.05, 0.1) is 7.11 Å². The highest BCUT2D eigenvalue weighted by Crippen LogP contribution is 2.29.